The maximum Gasteiger partial charge on any atom is 0.135 e. The molecule has 3 N–H and O–H groups in total. The van der Waals surface area contributed by atoms with Gasteiger partial charge >= 0.3 is 0 Å². The lowest BCUT2D eigenvalue weighted by molar-refractivity contribution is 0.448. The largest absolute Gasteiger partial charge is 0.457 e. The van der Waals surface area contributed by atoms with E-state index in [-0.39, 0.29) is 0 Å². The molecule has 0 saturated carbocycles. The van der Waals surface area contributed by atoms with Crippen LogP contribution in [0.2, 0.25) is 0 Å². The molecule has 0 atom stereocenters. The van der Waals surface area contributed by atoms with Crippen LogP contribution < -0.4 is 10.5 Å². The van der Waals surface area contributed by atoms with E-state index in [1.807, 2.05) is 38.1 Å². The fraction of sp³-hybridized carbons (Fsp3) is 0.250. The minimum absolute atomic E-state index is 0.508. The number of ether oxygens (including phenoxy) is 1. The molecule has 0 fully saturated rings. The van der Waals surface area contributed by atoms with Crippen molar-refractivity contribution in [1.29, 1.82) is 5.41 Å². The fourth-order valence-corrected chi connectivity index (χ4v) is 2.79. The number of rotatable bonds is 9. The lowest BCUT2D eigenvalue weighted by Crippen LogP contribution is -2.02. The predicted molar refractivity (Wildman–Crippen MR) is 119 cm³/mol. The van der Waals surface area contributed by atoms with Crippen LogP contribution in [0.3, 0.4) is 0 Å². The van der Waals surface area contributed by atoms with Gasteiger partial charge in [0.05, 0.1) is 0 Å². The topological polar surface area (TPSA) is 71.5 Å². The Labute approximate surface area is 168 Å². The van der Waals surface area contributed by atoms with E-state index < -0.39 is 0 Å². The Morgan fingerprint density at radius 2 is 1.89 bits per heavy atom. The third kappa shape index (κ3) is 6.03. The second kappa shape index (κ2) is 10.4. The zero-order valence-electron chi connectivity index (χ0n) is 17.0. The van der Waals surface area contributed by atoms with Gasteiger partial charge in [0.15, 0.2) is 0 Å². The Bertz CT molecular complexity index is 893. The highest BCUT2D eigenvalue weighted by Crippen LogP contribution is 2.32. The molecule has 4 nitrogen and oxygen atoms in total. The Hall–Kier alpha value is -2.98. The van der Waals surface area contributed by atoms with Crippen molar-refractivity contribution in [2.75, 3.05) is 6.54 Å². The molecule has 0 radical (unpaired) electrons. The zero-order valence-corrected chi connectivity index (χ0v) is 17.0. The third-order valence-electron chi connectivity index (χ3n) is 4.36. The maximum atomic E-state index is 7.54. The Morgan fingerprint density at radius 1 is 1.18 bits per heavy atom. The summed E-state index contributed by atoms with van der Waals surface area (Å²) in [6, 6.07) is 14.0. The molecule has 28 heavy (non-hydrogen) atoms. The van der Waals surface area contributed by atoms with Crippen LogP contribution in [0.25, 0.3) is 11.1 Å². The molecule has 0 bridgehead atoms. The van der Waals surface area contributed by atoms with Crippen molar-refractivity contribution in [2.45, 2.75) is 33.6 Å². The first-order valence-corrected chi connectivity index (χ1v) is 9.50. The van der Waals surface area contributed by atoms with Gasteiger partial charge in [-0.3, -0.25) is 4.99 Å². The van der Waals surface area contributed by atoms with E-state index in [0.29, 0.717) is 18.1 Å². The van der Waals surface area contributed by atoms with Crippen LogP contribution in [-0.4, -0.2) is 18.5 Å². The first kappa shape index (κ1) is 21.3. The number of hydrogen-bond acceptors (Lipinski definition) is 4. The molecule has 0 amide bonds. The monoisotopic (exact) mass is 375 g/mol. The van der Waals surface area contributed by atoms with Gasteiger partial charge in [-0.1, -0.05) is 43.8 Å². The van der Waals surface area contributed by atoms with E-state index >= 15 is 0 Å². The van der Waals surface area contributed by atoms with Gasteiger partial charge in [-0.25, -0.2) is 0 Å². The third-order valence-corrected chi connectivity index (χ3v) is 4.36. The predicted octanol–water partition coefficient (Wildman–Crippen LogP) is 5.52. The second-order valence-electron chi connectivity index (χ2n) is 6.69. The lowest BCUT2D eigenvalue weighted by atomic mass is 10.0. The Morgan fingerprint density at radius 3 is 2.50 bits per heavy atom. The molecule has 2 aromatic carbocycles. The van der Waals surface area contributed by atoms with Gasteiger partial charge in [-0.2, -0.15) is 0 Å². The summed E-state index contributed by atoms with van der Waals surface area (Å²) in [6.45, 7) is 10.7. The quantitative estimate of drug-likeness (QED) is 0.344. The molecule has 146 valence electrons. The van der Waals surface area contributed by atoms with Gasteiger partial charge in [0.25, 0.3) is 0 Å². The van der Waals surface area contributed by atoms with Gasteiger partial charge in [-0.15, -0.1) is 0 Å². The van der Waals surface area contributed by atoms with Crippen LogP contribution in [0.1, 0.15) is 38.3 Å². The number of nitrogens with zero attached hydrogens (tertiary/aromatic N) is 1. The average molecular weight is 376 g/mol. The summed E-state index contributed by atoms with van der Waals surface area (Å²) in [4.78, 5) is 4.51. The molecule has 0 heterocycles. The van der Waals surface area contributed by atoms with E-state index in [0.717, 1.165) is 40.9 Å². The van der Waals surface area contributed by atoms with Crippen molar-refractivity contribution in [3.63, 3.8) is 0 Å². The van der Waals surface area contributed by atoms with Crippen LogP contribution in [0.4, 0.5) is 0 Å². The Kier molecular flexibility index (Phi) is 7.90. The van der Waals surface area contributed by atoms with Crippen LogP contribution in [0.15, 0.2) is 71.6 Å². The van der Waals surface area contributed by atoms with Crippen molar-refractivity contribution in [3.8, 4) is 16.9 Å². The van der Waals surface area contributed by atoms with Crippen LogP contribution >= 0.6 is 0 Å². The van der Waals surface area contributed by atoms with Crippen molar-refractivity contribution < 1.29 is 4.74 Å². The smallest absolute Gasteiger partial charge is 0.135 e. The number of nitrogens with one attached hydrogen (secondary N) is 1. The SMILES string of the molecule is C=C(/C=C(C)\N=C(\C)CC)Oc1cc(C=N)ccc1-c1ccc(CCN)cc1. The molecular formula is C24H29N3O. The number of allylic oxidation sites excluding steroid dienone is 2. The van der Waals surface area contributed by atoms with E-state index in [2.05, 4.69) is 42.8 Å². The van der Waals surface area contributed by atoms with E-state index in [9.17, 15) is 0 Å². The number of aliphatic imine (C=N–C) groups is 1. The first-order chi connectivity index (χ1) is 13.5. The van der Waals surface area contributed by atoms with Gasteiger partial charge in [-0.05, 0) is 62.1 Å². The normalized spacial score (nSPS) is 12.0. The summed E-state index contributed by atoms with van der Waals surface area (Å²) in [5, 5.41) is 7.54. The Balaban J connectivity index is 2.33. The second-order valence-corrected chi connectivity index (χ2v) is 6.69. The van der Waals surface area contributed by atoms with E-state index in [1.54, 1.807) is 0 Å². The molecule has 0 unspecified atom stereocenters. The van der Waals surface area contributed by atoms with Crippen molar-refractivity contribution >= 4 is 11.9 Å². The minimum Gasteiger partial charge on any atom is -0.457 e. The van der Waals surface area contributed by atoms with E-state index in [4.69, 9.17) is 15.9 Å². The summed E-state index contributed by atoms with van der Waals surface area (Å²) in [7, 11) is 0. The number of hydrogen-bond donors (Lipinski definition) is 2. The number of nitrogens with two attached hydrogens (primary N) is 1. The summed E-state index contributed by atoms with van der Waals surface area (Å²) in [5.41, 5.74) is 11.5. The molecular weight excluding hydrogens is 346 g/mol. The van der Waals surface area contributed by atoms with Crippen LogP contribution in [0, 0.1) is 5.41 Å². The van der Waals surface area contributed by atoms with Gasteiger partial charge in [0.1, 0.15) is 11.5 Å². The summed E-state index contributed by atoms with van der Waals surface area (Å²) < 4.78 is 6.04. The van der Waals surface area contributed by atoms with Gasteiger partial charge in [0.2, 0.25) is 0 Å². The molecule has 0 saturated heterocycles. The maximum absolute atomic E-state index is 7.54. The van der Waals surface area contributed by atoms with Crippen LogP contribution in [-0.2, 0) is 6.42 Å². The molecule has 0 spiro atoms. The minimum atomic E-state index is 0.508. The molecule has 4 heteroatoms. The van der Waals surface area contributed by atoms with Crippen molar-refractivity contribution in [3.05, 3.63) is 77.7 Å². The van der Waals surface area contributed by atoms with Crippen molar-refractivity contribution in [1.82, 2.24) is 0 Å². The highest BCUT2D eigenvalue weighted by molar-refractivity contribution is 5.83. The zero-order chi connectivity index (χ0) is 20.5. The molecule has 2 aromatic rings. The summed E-state index contributed by atoms with van der Waals surface area (Å²) in [5.74, 6) is 1.17. The fourth-order valence-electron chi connectivity index (χ4n) is 2.79. The molecule has 0 aromatic heterocycles. The number of benzene rings is 2. The average Bonchev–Trinajstić information content (AvgIpc) is 2.68. The highest BCUT2D eigenvalue weighted by Gasteiger charge is 2.09. The van der Waals surface area contributed by atoms with Crippen molar-refractivity contribution in [2.24, 2.45) is 10.7 Å². The van der Waals surface area contributed by atoms with Crippen LogP contribution in [0.5, 0.6) is 5.75 Å². The molecule has 0 aliphatic rings. The molecule has 0 aliphatic carbocycles. The standard InChI is InChI=1S/C24H29N3O/c1-5-17(2)27-18(3)14-19(4)28-24-15-21(16-26)8-11-23(24)22-9-6-20(7-10-22)12-13-25/h6-11,14-16,26H,4-5,12-13,25H2,1-3H3/b18-14-,26-16?,27-17-. The highest BCUT2D eigenvalue weighted by atomic mass is 16.5. The summed E-state index contributed by atoms with van der Waals surface area (Å²) in [6.07, 6.45) is 4.89. The van der Waals surface area contributed by atoms with Gasteiger partial charge < -0.3 is 15.9 Å². The summed E-state index contributed by atoms with van der Waals surface area (Å²) >= 11 is 0. The van der Waals surface area contributed by atoms with Gasteiger partial charge in [0, 0.05) is 29.3 Å². The lowest BCUT2D eigenvalue weighted by Gasteiger charge is -2.13. The first-order valence-electron chi connectivity index (χ1n) is 9.50. The molecule has 2 rings (SSSR count). The van der Waals surface area contributed by atoms with E-state index in [1.165, 1.54) is 11.8 Å². The molecule has 0 aliphatic heterocycles.